The van der Waals surface area contributed by atoms with Gasteiger partial charge in [-0.1, -0.05) is 0 Å². The van der Waals surface area contributed by atoms with E-state index in [1.807, 2.05) is 13.0 Å². The van der Waals surface area contributed by atoms with Crippen LogP contribution >= 0.6 is 0 Å². The first-order valence-electron chi connectivity index (χ1n) is 11.1. The highest BCUT2D eigenvalue weighted by atomic mass is 32.2. The van der Waals surface area contributed by atoms with Crippen molar-refractivity contribution >= 4 is 21.8 Å². The Bertz CT molecular complexity index is 1170. The van der Waals surface area contributed by atoms with E-state index in [0.717, 1.165) is 24.3 Å². The summed E-state index contributed by atoms with van der Waals surface area (Å²) >= 11 is 0. The summed E-state index contributed by atoms with van der Waals surface area (Å²) in [5, 5.41) is 0.387. The molecule has 1 spiro atoms. The molecule has 1 saturated carbocycles. The smallest absolute Gasteiger partial charge is 0.197 e. The fourth-order valence-electron chi connectivity index (χ4n) is 4.03. The molecule has 0 amide bonds. The topological polar surface area (TPSA) is 105 Å². The summed E-state index contributed by atoms with van der Waals surface area (Å²) in [7, 11) is -1.41. The van der Waals surface area contributed by atoms with E-state index in [1.165, 1.54) is 12.8 Å². The normalized spacial score (nSPS) is 20.2. The van der Waals surface area contributed by atoms with Crippen LogP contribution in [0.5, 0.6) is 17.2 Å². The zero-order valence-corrected chi connectivity index (χ0v) is 19.1. The molecule has 9 nitrogen and oxygen atoms in total. The molecule has 1 aliphatic carbocycles. The van der Waals surface area contributed by atoms with Crippen molar-refractivity contribution in [1.29, 1.82) is 0 Å². The van der Waals surface area contributed by atoms with Crippen molar-refractivity contribution < 1.29 is 27.9 Å². The molecule has 33 heavy (non-hydrogen) atoms. The van der Waals surface area contributed by atoms with Gasteiger partial charge >= 0.3 is 0 Å². The van der Waals surface area contributed by atoms with Crippen LogP contribution in [0, 0.1) is 12.3 Å². The molecular formula is C23H25N3O6S. The molecule has 6 rings (SSSR count). The predicted octanol–water partition coefficient (Wildman–Crippen LogP) is 2.88. The van der Waals surface area contributed by atoms with Crippen LogP contribution in [0.1, 0.15) is 24.1 Å². The van der Waals surface area contributed by atoms with Gasteiger partial charge in [-0.05, 0) is 25.8 Å². The van der Waals surface area contributed by atoms with Gasteiger partial charge in [0.1, 0.15) is 25.6 Å². The Morgan fingerprint density at radius 1 is 1.18 bits per heavy atom. The Morgan fingerprint density at radius 2 is 1.94 bits per heavy atom. The lowest BCUT2D eigenvalue weighted by atomic mass is 10.1. The van der Waals surface area contributed by atoms with Crippen LogP contribution in [0.15, 0.2) is 29.6 Å². The van der Waals surface area contributed by atoms with Crippen molar-refractivity contribution in [3.05, 3.63) is 35.7 Å². The molecule has 174 valence electrons. The van der Waals surface area contributed by atoms with Crippen LogP contribution in [-0.2, 0) is 26.0 Å². The number of nitrogens with zero attached hydrogens (tertiary/aromatic N) is 2. The lowest BCUT2D eigenvalue weighted by molar-refractivity contribution is -0.217. The van der Waals surface area contributed by atoms with Crippen molar-refractivity contribution in [3.8, 4) is 17.2 Å². The Hall–Kier alpha value is -2.69. The SMILES string of the molecule is Cc1c(OCC2OCC3(CC3)CO2)ccnc1CS(=O)c1nc2cc3c(cc2[nH]1)OCCO3. The molecule has 2 fully saturated rings. The molecule has 1 unspecified atom stereocenters. The highest BCUT2D eigenvalue weighted by Crippen LogP contribution is 2.48. The highest BCUT2D eigenvalue weighted by molar-refractivity contribution is 7.84. The van der Waals surface area contributed by atoms with Crippen LogP contribution in [0.2, 0.25) is 0 Å². The molecular weight excluding hydrogens is 446 g/mol. The minimum atomic E-state index is -1.41. The van der Waals surface area contributed by atoms with Crippen molar-refractivity contribution in [2.24, 2.45) is 5.41 Å². The second-order valence-corrected chi connectivity index (χ2v) is 10.2. The number of ether oxygens (including phenoxy) is 5. The Balaban J connectivity index is 1.13. The summed E-state index contributed by atoms with van der Waals surface area (Å²) in [6.45, 7) is 4.71. The van der Waals surface area contributed by atoms with E-state index >= 15 is 0 Å². The first-order chi connectivity index (χ1) is 16.1. The number of benzene rings is 1. The van der Waals surface area contributed by atoms with Gasteiger partial charge in [0.2, 0.25) is 0 Å². The monoisotopic (exact) mass is 471 g/mol. The van der Waals surface area contributed by atoms with Crippen molar-refractivity contribution in [2.45, 2.75) is 37.0 Å². The van der Waals surface area contributed by atoms with E-state index in [-0.39, 0.29) is 17.5 Å². The van der Waals surface area contributed by atoms with Crippen LogP contribution < -0.4 is 14.2 Å². The maximum atomic E-state index is 13.1. The largest absolute Gasteiger partial charge is 0.488 e. The lowest BCUT2D eigenvalue weighted by Gasteiger charge is -2.29. The minimum Gasteiger partial charge on any atom is -0.488 e. The number of hydrogen-bond acceptors (Lipinski definition) is 8. The van der Waals surface area contributed by atoms with Gasteiger partial charge in [0, 0.05) is 29.3 Å². The van der Waals surface area contributed by atoms with Crippen molar-refractivity contribution in [2.75, 3.05) is 33.0 Å². The van der Waals surface area contributed by atoms with Gasteiger partial charge in [-0.3, -0.25) is 9.19 Å². The fourth-order valence-corrected chi connectivity index (χ4v) is 5.13. The lowest BCUT2D eigenvalue weighted by Crippen LogP contribution is -2.36. The van der Waals surface area contributed by atoms with E-state index in [9.17, 15) is 4.21 Å². The van der Waals surface area contributed by atoms with Gasteiger partial charge in [0.15, 0.2) is 22.9 Å². The van der Waals surface area contributed by atoms with E-state index in [4.69, 9.17) is 23.7 Å². The molecule has 10 heteroatoms. The maximum Gasteiger partial charge on any atom is 0.197 e. The Labute approximate surface area is 193 Å². The zero-order valence-electron chi connectivity index (χ0n) is 18.3. The summed E-state index contributed by atoms with van der Waals surface area (Å²) in [5.74, 6) is 2.21. The number of aromatic amines is 1. The number of fused-ring (bicyclic) bond motifs is 2. The molecule has 2 aromatic heterocycles. The van der Waals surface area contributed by atoms with E-state index in [2.05, 4.69) is 15.0 Å². The molecule has 1 saturated heterocycles. The van der Waals surface area contributed by atoms with Crippen LogP contribution in [0.4, 0.5) is 0 Å². The molecule has 0 radical (unpaired) electrons. The second kappa shape index (κ2) is 8.27. The van der Waals surface area contributed by atoms with Gasteiger partial charge < -0.3 is 28.7 Å². The quantitative estimate of drug-likeness (QED) is 0.585. The number of pyridine rings is 1. The first kappa shape index (κ1) is 20.9. The third-order valence-corrected chi connectivity index (χ3v) is 7.51. The van der Waals surface area contributed by atoms with Gasteiger partial charge in [-0.15, -0.1) is 0 Å². The maximum absolute atomic E-state index is 13.1. The number of imidazole rings is 1. The van der Waals surface area contributed by atoms with E-state index in [0.29, 0.717) is 53.4 Å². The number of nitrogens with one attached hydrogen (secondary N) is 1. The summed E-state index contributed by atoms with van der Waals surface area (Å²) in [4.78, 5) is 12.1. The van der Waals surface area contributed by atoms with Crippen molar-refractivity contribution in [3.63, 3.8) is 0 Å². The van der Waals surface area contributed by atoms with E-state index in [1.54, 1.807) is 18.3 Å². The molecule has 1 N–H and O–H groups in total. The third-order valence-electron chi connectivity index (χ3n) is 6.35. The van der Waals surface area contributed by atoms with Crippen LogP contribution in [0.3, 0.4) is 0 Å². The second-order valence-electron chi connectivity index (χ2n) is 8.79. The van der Waals surface area contributed by atoms with Crippen LogP contribution in [0.25, 0.3) is 11.0 Å². The summed E-state index contributed by atoms with van der Waals surface area (Å²) in [5.41, 5.74) is 3.24. The predicted molar refractivity (Wildman–Crippen MR) is 119 cm³/mol. The summed E-state index contributed by atoms with van der Waals surface area (Å²) < 4.78 is 41.8. The average molecular weight is 472 g/mol. The third kappa shape index (κ3) is 4.18. The Morgan fingerprint density at radius 3 is 2.70 bits per heavy atom. The van der Waals surface area contributed by atoms with Crippen molar-refractivity contribution in [1.82, 2.24) is 15.0 Å². The molecule has 3 aliphatic rings. The number of hydrogen-bond donors (Lipinski definition) is 1. The standard InChI is InChI=1S/C23H25N3O6S/c1-14-17(24-5-2-18(14)30-10-21-31-12-23(3-4-23)13-32-21)11-33(27)22-25-15-8-19-20(9-16(15)26-22)29-7-6-28-19/h2,5,8-9,21H,3-4,6-7,10-13H2,1H3,(H,25,26). The molecule has 3 aromatic rings. The summed E-state index contributed by atoms with van der Waals surface area (Å²) in [6.07, 6.45) is 3.66. The van der Waals surface area contributed by atoms with Gasteiger partial charge in [0.05, 0.1) is 46.5 Å². The minimum absolute atomic E-state index is 0.217. The number of aromatic nitrogens is 3. The molecule has 4 heterocycles. The first-order valence-corrected chi connectivity index (χ1v) is 12.4. The molecule has 1 aromatic carbocycles. The highest BCUT2D eigenvalue weighted by Gasteiger charge is 2.47. The number of H-pyrrole nitrogens is 1. The summed E-state index contributed by atoms with van der Waals surface area (Å²) in [6, 6.07) is 5.44. The van der Waals surface area contributed by atoms with E-state index < -0.39 is 10.8 Å². The fraction of sp³-hybridized carbons (Fsp3) is 0.478. The molecule has 1 atom stereocenters. The zero-order chi connectivity index (χ0) is 22.4. The van der Waals surface area contributed by atoms with Gasteiger partial charge in [-0.25, -0.2) is 4.98 Å². The molecule has 2 aliphatic heterocycles. The van der Waals surface area contributed by atoms with Gasteiger partial charge in [-0.2, -0.15) is 0 Å². The average Bonchev–Trinajstić information content (AvgIpc) is 3.45. The van der Waals surface area contributed by atoms with Gasteiger partial charge in [0.25, 0.3) is 0 Å². The Kier molecular flexibility index (Phi) is 5.23. The molecule has 0 bridgehead atoms. The number of rotatable bonds is 6. The van der Waals surface area contributed by atoms with Crippen LogP contribution in [-0.4, -0.2) is 58.5 Å².